The third-order valence-electron chi connectivity index (χ3n) is 3.36. The lowest BCUT2D eigenvalue weighted by Gasteiger charge is -2.06. The number of alkyl halides is 2. The number of benzene rings is 2. The lowest BCUT2D eigenvalue weighted by molar-refractivity contribution is -0.136. The zero-order valence-electron chi connectivity index (χ0n) is 14.2. The van der Waals surface area contributed by atoms with Crippen molar-refractivity contribution in [2.75, 3.05) is 13.7 Å². The van der Waals surface area contributed by atoms with Gasteiger partial charge in [-0.15, -0.1) is 0 Å². The highest BCUT2D eigenvalue weighted by atomic mass is 19.3. The van der Waals surface area contributed by atoms with Crippen LogP contribution in [0.3, 0.4) is 0 Å². The summed E-state index contributed by atoms with van der Waals surface area (Å²) in [7, 11) is 1.40. The molecule has 27 heavy (non-hydrogen) atoms. The van der Waals surface area contributed by atoms with Crippen LogP contribution in [0, 0.1) is 0 Å². The molecule has 0 aliphatic heterocycles. The second kappa shape index (κ2) is 9.33. The van der Waals surface area contributed by atoms with Crippen molar-refractivity contribution in [2.24, 2.45) is 0 Å². The molecule has 0 spiro atoms. The largest absolute Gasteiger partial charge is 0.504 e. The summed E-state index contributed by atoms with van der Waals surface area (Å²) in [4.78, 5) is 23.6. The van der Waals surface area contributed by atoms with Crippen molar-refractivity contribution in [1.29, 1.82) is 0 Å². The molecule has 2 rings (SSSR count). The Hall–Kier alpha value is -3.42. The Morgan fingerprint density at radius 1 is 1.15 bits per heavy atom. The molecule has 0 atom stereocenters. The first-order valence-corrected chi connectivity index (χ1v) is 7.69. The molecule has 8 heteroatoms. The number of carbonyl (C=O) groups excluding carboxylic acids is 2. The summed E-state index contributed by atoms with van der Waals surface area (Å²) in [6, 6.07) is 9.54. The molecule has 1 N–H and O–H groups in total. The van der Waals surface area contributed by atoms with Gasteiger partial charge in [0, 0.05) is 11.6 Å². The van der Waals surface area contributed by atoms with Gasteiger partial charge in [-0.3, -0.25) is 4.79 Å². The molecule has 0 heterocycles. The van der Waals surface area contributed by atoms with Gasteiger partial charge in [0.1, 0.15) is 5.75 Å². The monoisotopic (exact) mass is 378 g/mol. The normalized spacial score (nSPS) is 10.8. The average molecular weight is 378 g/mol. The third kappa shape index (κ3) is 6.10. The second-order valence-corrected chi connectivity index (χ2v) is 5.20. The summed E-state index contributed by atoms with van der Waals surface area (Å²) in [5, 5.41) is 9.50. The van der Waals surface area contributed by atoms with Gasteiger partial charge in [0.15, 0.2) is 23.9 Å². The van der Waals surface area contributed by atoms with Crippen molar-refractivity contribution >= 4 is 17.8 Å². The molecular weight excluding hydrogens is 362 g/mol. The van der Waals surface area contributed by atoms with E-state index in [2.05, 4.69) is 4.74 Å². The molecule has 0 aromatic heterocycles. The molecule has 0 aliphatic rings. The Bertz CT molecular complexity index is 831. The predicted molar refractivity (Wildman–Crippen MR) is 92.1 cm³/mol. The molecule has 0 bridgehead atoms. The molecule has 0 amide bonds. The van der Waals surface area contributed by atoms with Gasteiger partial charge in [-0.2, -0.15) is 8.78 Å². The van der Waals surface area contributed by atoms with Gasteiger partial charge < -0.3 is 19.3 Å². The molecule has 0 fully saturated rings. The Labute approximate surface area is 153 Å². The van der Waals surface area contributed by atoms with Crippen LogP contribution < -0.4 is 9.47 Å². The fourth-order valence-electron chi connectivity index (χ4n) is 2.05. The highest BCUT2D eigenvalue weighted by Gasteiger charge is 2.10. The Morgan fingerprint density at radius 2 is 1.85 bits per heavy atom. The zero-order valence-corrected chi connectivity index (χ0v) is 14.2. The average Bonchev–Trinajstić information content (AvgIpc) is 2.65. The second-order valence-electron chi connectivity index (χ2n) is 5.20. The van der Waals surface area contributed by atoms with Crippen molar-refractivity contribution in [3.05, 3.63) is 59.7 Å². The number of ether oxygens (including phenoxy) is 3. The maximum atomic E-state index is 12.1. The number of hydrogen-bond acceptors (Lipinski definition) is 6. The van der Waals surface area contributed by atoms with Crippen molar-refractivity contribution in [2.45, 2.75) is 6.61 Å². The Balaban J connectivity index is 1.88. The third-order valence-corrected chi connectivity index (χ3v) is 3.36. The Kier molecular flexibility index (Phi) is 6.87. The van der Waals surface area contributed by atoms with Crippen LogP contribution in [0.5, 0.6) is 17.2 Å². The van der Waals surface area contributed by atoms with Gasteiger partial charge in [-0.25, -0.2) is 4.79 Å². The van der Waals surface area contributed by atoms with Crippen molar-refractivity contribution in [1.82, 2.24) is 0 Å². The van der Waals surface area contributed by atoms with Crippen LogP contribution in [0.4, 0.5) is 8.78 Å². The minimum absolute atomic E-state index is 0.0345. The lowest BCUT2D eigenvalue weighted by Crippen LogP contribution is -2.12. The van der Waals surface area contributed by atoms with Crippen LogP contribution >= 0.6 is 0 Å². The van der Waals surface area contributed by atoms with Gasteiger partial charge in [0.2, 0.25) is 0 Å². The van der Waals surface area contributed by atoms with E-state index in [1.54, 1.807) is 6.07 Å². The smallest absolute Gasteiger partial charge is 0.387 e. The summed E-state index contributed by atoms with van der Waals surface area (Å²) in [5.74, 6) is -1.10. The van der Waals surface area contributed by atoms with E-state index in [0.29, 0.717) is 5.56 Å². The fourth-order valence-corrected chi connectivity index (χ4v) is 2.05. The highest BCUT2D eigenvalue weighted by Crippen LogP contribution is 2.26. The molecule has 0 aliphatic carbocycles. The molecule has 0 saturated carbocycles. The molecule has 6 nitrogen and oxygen atoms in total. The molecule has 0 unspecified atom stereocenters. The molecule has 0 saturated heterocycles. The van der Waals surface area contributed by atoms with E-state index in [4.69, 9.17) is 9.47 Å². The van der Waals surface area contributed by atoms with E-state index in [0.717, 1.165) is 6.08 Å². The molecule has 2 aromatic rings. The van der Waals surface area contributed by atoms with Crippen molar-refractivity contribution in [3.63, 3.8) is 0 Å². The fraction of sp³-hybridized carbons (Fsp3) is 0.158. The number of Topliss-reactive ketones (excluding diaryl/α,β-unsaturated/α-hetero) is 1. The van der Waals surface area contributed by atoms with Crippen LogP contribution in [0.15, 0.2) is 48.5 Å². The SMILES string of the molecule is COc1cc(C=CC(=O)OCC(=O)c2ccc(OC(F)F)cc2)ccc1O. The topological polar surface area (TPSA) is 82.1 Å². The predicted octanol–water partition coefficient (Wildman–Crippen LogP) is 3.44. The quantitative estimate of drug-likeness (QED) is 0.431. The summed E-state index contributed by atoms with van der Waals surface area (Å²) in [5.41, 5.74) is 0.777. The van der Waals surface area contributed by atoms with E-state index in [-0.39, 0.29) is 22.8 Å². The van der Waals surface area contributed by atoms with Crippen LogP contribution in [0.25, 0.3) is 6.08 Å². The summed E-state index contributed by atoms with van der Waals surface area (Å²) >= 11 is 0. The molecule has 2 aromatic carbocycles. The number of esters is 1. The van der Waals surface area contributed by atoms with E-state index in [1.165, 1.54) is 49.6 Å². The van der Waals surface area contributed by atoms with E-state index in [9.17, 15) is 23.5 Å². The first-order valence-electron chi connectivity index (χ1n) is 7.69. The summed E-state index contributed by atoms with van der Waals surface area (Å²) < 4.78 is 38.1. The standard InChI is InChI=1S/C19H16F2O6/c1-25-17-10-12(2-8-15(17)22)3-9-18(24)26-11-16(23)13-4-6-14(7-5-13)27-19(20)21/h2-10,19,22H,11H2,1H3. The number of carbonyl (C=O) groups is 2. The maximum absolute atomic E-state index is 12.1. The molecule has 142 valence electrons. The number of aromatic hydroxyl groups is 1. The van der Waals surface area contributed by atoms with E-state index in [1.807, 2.05) is 0 Å². The van der Waals surface area contributed by atoms with Gasteiger partial charge in [-0.05, 0) is 48.0 Å². The van der Waals surface area contributed by atoms with Gasteiger partial charge >= 0.3 is 12.6 Å². The number of halogens is 2. The maximum Gasteiger partial charge on any atom is 0.387 e. The lowest BCUT2D eigenvalue weighted by atomic mass is 10.1. The van der Waals surface area contributed by atoms with Gasteiger partial charge in [0.05, 0.1) is 7.11 Å². The number of hydrogen-bond donors (Lipinski definition) is 1. The number of rotatable bonds is 8. The minimum Gasteiger partial charge on any atom is -0.504 e. The molecule has 0 radical (unpaired) electrons. The van der Waals surface area contributed by atoms with Crippen LogP contribution in [-0.4, -0.2) is 37.2 Å². The van der Waals surface area contributed by atoms with Gasteiger partial charge in [0.25, 0.3) is 0 Å². The first-order chi connectivity index (χ1) is 12.9. The van der Waals surface area contributed by atoms with Crippen molar-refractivity contribution in [3.8, 4) is 17.2 Å². The van der Waals surface area contributed by atoms with E-state index < -0.39 is 25.0 Å². The zero-order chi connectivity index (χ0) is 19.8. The first kappa shape index (κ1) is 19.9. The van der Waals surface area contributed by atoms with Crippen LogP contribution in [0.1, 0.15) is 15.9 Å². The number of ketones is 1. The van der Waals surface area contributed by atoms with Gasteiger partial charge in [-0.1, -0.05) is 6.07 Å². The number of methoxy groups -OCH3 is 1. The summed E-state index contributed by atoms with van der Waals surface area (Å²) in [6.45, 7) is -3.45. The number of phenolic OH excluding ortho intramolecular Hbond substituents is 1. The van der Waals surface area contributed by atoms with Crippen LogP contribution in [0.2, 0.25) is 0 Å². The minimum atomic E-state index is -2.95. The van der Waals surface area contributed by atoms with Crippen molar-refractivity contribution < 1.29 is 37.7 Å². The summed E-state index contributed by atoms with van der Waals surface area (Å²) in [6.07, 6.45) is 2.56. The van der Waals surface area contributed by atoms with Crippen LogP contribution in [-0.2, 0) is 9.53 Å². The Morgan fingerprint density at radius 3 is 2.48 bits per heavy atom. The molecular formula is C19H16F2O6. The number of phenols is 1. The highest BCUT2D eigenvalue weighted by molar-refractivity contribution is 5.99. The van der Waals surface area contributed by atoms with E-state index >= 15 is 0 Å².